The quantitative estimate of drug-likeness (QED) is 0.538. The number of amides is 2. The van der Waals surface area contributed by atoms with E-state index in [1.165, 1.54) is 0 Å². The average molecular weight is 454 g/mol. The molecule has 2 amide bonds. The molecule has 3 heterocycles. The van der Waals surface area contributed by atoms with Gasteiger partial charge in [0.1, 0.15) is 0 Å². The smallest absolute Gasteiger partial charge is 0.253 e. The first kappa shape index (κ1) is 22.2. The van der Waals surface area contributed by atoms with E-state index >= 15 is 0 Å². The molecular formula is C23H27N5O3S. The van der Waals surface area contributed by atoms with E-state index < -0.39 is 0 Å². The molecule has 4 rings (SSSR count). The normalized spacial score (nSPS) is 14.9. The largest absolute Gasteiger partial charge is 0.352 e. The maximum atomic E-state index is 12.9. The third-order valence-electron chi connectivity index (χ3n) is 5.49. The van der Waals surface area contributed by atoms with Gasteiger partial charge in [0.15, 0.2) is 0 Å². The van der Waals surface area contributed by atoms with Gasteiger partial charge in [-0.3, -0.25) is 14.5 Å². The van der Waals surface area contributed by atoms with Gasteiger partial charge in [0.05, 0.1) is 22.7 Å². The van der Waals surface area contributed by atoms with Gasteiger partial charge in [0.25, 0.3) is 5.91 Å². The number of para-hydroxylation sites is 1. The number of nitrogens with zero attached hydrogens (tertiary/aromatic N) is 3. The van der Waals surface area contributed by atoms with Crippen LogP contribution in [0.1, 0.15) is 42.4 Å². The number of benzene rings is 1. The van der Waals surface area contributed by atoms with Gasteiger partial charge in [0, 0.05) is 12.5 Å². The van der Waals surface area contributed by atoms with Gasteiger partial charge in [-0.05, 0) is 55.9 Å². The molecule has 8 nitrogen and oxygen atoms in total. The zero-order valence-electron chi connectivity index (χ0n) is 18.0. The van der Waals surface area contributed by atoms with Gasteiger partial charge >= 0.3 is 0 Å². The van der Waals surface area contributed by atoms with Crippen molar-refractivity contribution < 1.29 is 14.1 Å². The van der Waals surface area contributed by atoms with E-state index in [9.17, 15) is 9.59 Å². The second-order valence-electron chi connectivity index (χ2n) is 7.83. The molecule has 0 radical (unpaired) electrons. The van der Waals surface area contributed by atoms with E-state index in [1.54, 1.807) is 29.5 Å². The van der Waals surface area contributed by atoms with Crippen LogP contribution in [0.25, 0.3) is 10.7 Å². The van der Waals surface area contributed by atoms with Crippen molar-refractivity contribution in [3.63, 3.8) is 0 Å². The number of thiophene rings is 1. The molecule has 9 heteroatoms. The predicted octanol–water partition coefficient (Wildman–Crippen LogP) is 3.79. The molecule has 1 fully saturated rings. The molecule has 0 atom stereocenters. The van der Waals surface area contributed by atoms with E-state index in [-0.39, 0.29) is 17.7 Å². The van der Waals surface area contributed by atoms with Gasteiger partial charge in [-0.15, -0.1) is 11.3 Å². The molecule has 1 aliphatic rings. The Kier molecular flexibility index (Phi) is 7.28. The van der Waals surface area contributed by atoms with Crippen LogP contribution in [0.2, 0.25) is 0 Å². The number of carbonyl (C=O) groups is 2. The summed E-state index contributed by atoms with van der Waals surface area (Å²) in [6.45, 7) is 4.73. The number of anilines is 1. The van der Waals surface area contributed by atoms with Crippen molar-refractivity contribution in [3.05, 3.63) is 53.2 Å². The van der Waals surface area contributed by atoms with Crippen molar-refractivity contribution in [2.24, 2.45) is 5.92 Å². The van der Waals surface area contributed by atoms with E-state index in [0.717, 1.165) is 37.2 Å². The zero-order valence-corrected chi connectivity index (χ0v) is 18.9. The number of hydrogen-bond donors (Lipinski definition) is 2. The number of carbonyl (C=O) groups excluding carboxylic acids is 2. The van der Waals surface area contributed by atoms with E-state index in [1.807, 2.05) is 30.5 Å². The third kappa shape index (κ3) is 5.41. The number of nitrogens with one attached hydrogen (secondary N) is 2. The highest BCUT2D eigenvalue weighted by Gasteiger charge is 2.27. The first-order chi connectivity index (χ1) is 15.6. The van der Waals surface area contributed by atoms with Crippen molar-refractivity contribution in [1.82, 2.24) is 20.4 Å². The Bertz CT molecular complexity index is 1040. The second kappa shape index (κ2) is 10.5. The fourth-order valence-corrected chi connectivity index (χ4v) is 4.38. The molecule has 1 aromatic carbocycles. The minimum Gasteiger partial charge on any atom is -0.352 e. The van der Waals surface area contributed by atoms with Gasteiger partial charge in [0.2, 0.25) is 17.6 Å². The van der Waals surface area contributed by atoms with Crippen molar-refractivity contribution in [2.75, 3.05) is 25.0 Å². The molecule has 168 valence electrons. The van der Waals surface area contributed by atoms with Crippen LogP contribution in [0.5, 0.6) is 0 Å². The van der Waals surface area contributed by atoms with Crippen LogP contribution in [0.4, 0.5) is 5.69 Å². The second-order valence-corrected chi connectivity index (χ2v) is 8.78. The minimum atomic E-state index is -0.168. The Morgan fingerprint density at radius 2 is 2.00 bits per heavy atom. The molecular weight excluding hydrogens is 426 g/mol. The van der Waals surface area contributed by atoms with Crippen LogP contribution in [-0.4, -0.2) is 46.5 Å². The molecule has 0 aliphatic carbocycles. The fraction of sp³-hybridized carbons (Fsp3) is 0.391. The Labute approximate surface area is 191 Å². The Balaban J connectivity index is 1.29. The molecule has 0 bridgehead atoms. The maximum absolute atomic E-state index is 12.9. The number of piperidine rings is 1. The molecule has 0 saturated carbocycles. The Morgan fingerprint density at radius 3 is 2.75 bits per heavy atom. The molecule has 2 N–H and O–H groups in total. The molecule has 0 spiro atoms. The van der Waals surface area contributed by atoms with E-state index in [4.69, 9.17) is 4.52 Å². The van der Waals surface area contributed by atoms with Crippen molar-refractivity contribution in [3.8, 4) is 10.7 Å². The van der Waals surface area contributed by atoms with E-state index in [2.05, 4.69) is 25.7 Å². The number of aromatic nitrogens is 2. The standard InChI is InChI=1S/C23H27N5O3S/c1-2-11-24-23(30)17-6-3-4-7-18(17)25-22(29)16-9-12-28(13-10-16)15-20-26-21(27-31-20)19-8-5-14-32-19/h3-8,14,16H,2,9-13,15H2,1H3,(H,24,30)(H,25,29). The first-order valence-corrected chi connectivity index (χ1v) is 11.8. The number of rotatable bonds is 8. The monoisotopic (exact) mass is 453 g/mol. The van der Waals surface area contributed by atoms with Gasteiger partial charge in [-0.1, -0.05) is 30.3 Å². The lowest BCUT2D eigenvalue weighted by Gasteiger charge is -2.30. The fourth-order valence-electron chi connectivity index (χ4n) is 3.73. The topological polar surface area (TPSA) is 100 Å². The lowest BCUT2D eigenvalue weighted by atomic mass is 9.95. The summed E-state index contributed by atoms with van der Waals surface area (Å²) in [6, 6.07) is 11.1. The van der Waals surface area contributed by atoms with Gasteiger partial charge < -0.3 is 15.2 Å². The van der Waals surface area contributed by atoms with Crippen LogP contribution in [0.3, 0.4) is 0 Å². The lowest BCUT2D eigenvalue weighted by molar-refractivity contribution is -0.121. The lowest BCUT2D eigenvalue weighted by Crippen LogP contribution is -2.38. The van der Waals surface area contributed by atoms with Crippen LogP contribution in [0, 0.1) is 5.92 Å². The maximum Gasteiger partial charge on any atom is 0.253 e. The predicted molar refractivity (Wildman–Crippen MR) is 123 cm³/mol. The molecule has 3 aromatic rings. The summed E-state index contributed by atoms with van der Waals surface area (Å²) in [5, 5.41) is 11.9. The Hall–Kier alpha value is -3.04. The van der Waals surface area contributed by atoms with Gasteiger partial charge in [-0.2, -0.15) is 4.98 Å². The highest BCUT2D eigenvalue weighted by Crippen LogP contribution is 2.24. The first-order valence-electron chi connectivity index (χ1n) is 10.9. The summed E-state index contributed by atoms with van der Waals surface area (Å²) in [4.78, 5) is 32.9. The molecule has 1 aliphatic heterocycles. The average Bonchev–Trinajstić information content (AvgIpc) is 3.50. The van der Waals surface area contributed by atoms with Crippen molar-refractivity contribution in [2.45, 2.75) is 32.7 Å². The molecule has 2 aromatic heterocycles. The number of hydrogen-bond acceptors (Lipinski definition) is 7. The third-order valence-corrected chi connectivity index (χ3v) is 6.36. The number of likely N-dealkylation sites (tertiary alicyclic amines) is 1. The Morgan fingerprint density at radius 1 is 1.19 bits per heavy atom. The highest BCUT2D eigenvalue weighted by molar-refractivity contribution is 7.13. The summed E-state index contributed by atoms with van der Waals surface area (Å²) in [5.41, 5.74) is 1.05. The van der Waals surface area contributed by atoms with Crippen LogP contribution in [-0.2, 0) is 11.3 Å². The van der Waals surface area contributed by atoms with Crippen LogP contribution >= 0.6 is 11.3 Å². The van der Waals surface area contributed by atoms with Crippen molar-refractivity contribution in [1.29, 1.82) is 0 Å². The van der Waals surface area contributed by atoms with Crippen LogP contribution < -0.4 is 10.6 Å². The minimum absolute atomic E-state index is 0.0434. The van der Waals surface area contributed by atoms with Crippen molar-refractivity contribution >= 4 is 28.8 Å². The summed E-state index contributed by atoms with van der Waals surface area (Å²) < 4.78 is 5.39. The summed E-state index contributed by atoms with van der Waals surface area (Å²) in [5.74, 6) is 0.897. The van der Waals surface area contributed by atoms with E-state index in [0.29, 0.717) is 36.1 Å². The SMILES string of the molecule is CCCNC(=O)c1ccccc1NC(=O)C1CCN(Cc2nc(-c3cccs3)no2)CC1. The summed E-state index contributed by atoms with van der Waals surface area (Å²) >= 11 is 1.58. The van der Waals surface area contributed by atoms with Crippen LogP contribution in [0.15, 0.2) is 46.3 Å². The summed E-state index contributed by atoms with van der Waals surface area (Å²) in [6.07, 6.45) is 2.33. The van der Waals surface area contributed by atoms with Gasteiger partial charge in [-0.25, -0.2) is 0 Å². The molecule has 32 heavy (non-hydrogen) atoms. The zero-order chi connectivity index (χ0) is 22.3. The molecule has 1 saturated heterocycles. The highest BCUT2D eigenvalue weighted by atomic mass is 32.1. The molecule has 0 unspecified atom stereocenters. The summed E-state index contributed by atoms with van der Waals surface area (Å²) in [7, 11) is 0.